The standard InChI is InChI=1S/C15H15FN2O2/c16-14-7-6-12(8-11(14)9-17)18-15(19)10-20-13-4-2-1-3-5-13/h1-8H,9-10,17H2,(H,18,19). The molecule has 0 heterocycles. The van der Waals surface area contributed by atoms with Crippen molar-refractivity contribution in [3.8, 4) is 5.75 Å². The van der Waals surface area contributed by atoms with Gasteiger partial charge in [-0.05, 0) is 30.3 Å². The number of anilines is 1. The second-order valence-electron chi connectivity index (χ2n) is 4.16. The fraction of sp³-hybridized carbons (Fsp3) is 0.133. The molecular formula is C15H15FN2O2. The number of carbonyl (C=O) groups is 1. The number of halogens is 1. The zero-order chi connectivity index (χ0) is 14.4. The molecule has 0 fully saturated rings. The van der Waals surface area contributed by atoms with E-state index in [4.69, 9.17) is 10.5 Å². The number of hydrogen-bond donors (Lipinski definition) is 2. The normalized spacial score (nSPS) is 10.1. The van der Waals surface area contributed by atoms with Crippen molar-refractivity contribution in [2.75, 3.05) is 11.9 Å². The summed E-state index contributed by atoms with van der Waals surface area (Å²) in [5.74, 6) is -0.0844. The largest absolute Gasteiger partial charge is 0.484 e. The molecule has 5 heteroatoms. The van der Waals surface area contributed by atoms with Crippen molar-refractivity contribution in [2.45, 2.75) is 6.54 Å². The highest BCUT2D eigenvalue weighted by atomic mass is 19.1. The van der Waals surface area contributed by atoms with E-state index in [1.54, 1.807) is 12.1 Å². The predicted octanol–water partition coefficient (Wildman–Crippen LogP) is 2.30. The van der Waals surface area contributed by atoms with Gasteiger partial charge in [-0.25, -0.2) is 4.39 Å². The first kappa shape index (κ1) is 14.0. The first-order chi connectivity index (χ1) is 9.69. The molecule has 0 aliphatic heterocycles. The summed E-state index contributed by atoms with van der Waals surface area (Å²) in [6.07, 6.45) is 0. The highest BCUT2D eigenvalue weighted by Gasteiger charge is 2.06. The Balaban J connectivity index is 1.91. The molecule has 104 valence electrons. The molecule has 0 unspecified atom stereocenters. The molecule has 0 aromatic heterocycles. The van der Waals surface area contributed by atoms with E-state index >= 15 is 0 Å². The van der Waals surface area contributed by atoms with Crippen molar-refractivity contribution in [2.24, 2.45) is 5.73 Å². The maximum atomic E-state index is 13.3. The van der Waals surface area contributed by atoms with Crippen molar-refractivity contribution in [1.29, 1.82) is 0 Å². The molecule has 0 spiro atoms. The molecule has 0 bridgehead atoms. The van der Waals surface area contributed by atoms with Crippen LogP contribution in [0.25, 0.3) is 0 Å². The Hall–Kier alpha value is -2.40. The summed E-state index contributed by atoms with van der Waals surface area (Å²) in [7, 11) is 0. The lowest BCUT2D eigenvalue weighted by atomic mass is 10.2. The van der Waals surface area contributed by atoms with E-state index in [-0.39, 0.29) is 24.9 Å². The van der Waals surface area contributed by atoms with E-state index in [0.29, 0.717) is 17.0 Å². The number of nitrogens with one attached hydrogen (secondary N) is 1. The minimum absolute atomic E-state index is 0.0794. The van der Waals surface area contributed by atoms with Gasteiger partial charge in [0.05, 0.1) is 0 Å². The van der Waals surface area contributed by atoms with Gasteiger partial charge in [-0.3, -0.25) is 4.79 Å². The third-order valence-electron chi connectivity index (χ3n) is 2.66. The van der Waals surface area contributed by atoms with Gasteiger partial charge in [-0.15, -0.1) is 0 Å². The lowest BCUT2D eigenvalue weighted by molar-refractivity contribution is -0.118. The van der Waals surface area contributed by atoms with Crippen LogP contribution in [-0.4, -0.2) is 12.5 Å². The molecule has 0 radical (unpaired) electrons. The number of rotatable bonds is 5. The SMILES string of the molecule is NCc1cc(NC(=O)COc2ccccc2)ccc1F. The second-order valence-corrected chi connectivity index (χ2v) is 4.16. The van der Waals surface area contributed by atoms with Gasteiger partial charge in [-0.1, -0.05) is 18.2 Å². The van der Waals surface area contributed by atoms with Crippen molar-refractivity contribution >= 4 is 11.6 Å². The van der Waals surface area contributed by atoms with Crippen LogP contribution < -0.4 is 15.8 Å². The van der Waals surface area contributed by atoms with Gasteiger partial charge in [-0.2, -0.15) is 0 Å². The number of para-hydroxylation sites is 1. The minimum Gasteiger partial charge on any atom is -0.484 e. The van der Waals surface area contributed by atoms with Crippen LogP contribution in [0.1, 0.15) is 5.56 Å². The molecule has 4 nitrogen and oxygen atoms in total. The lowest BCUT2D eigenvalue weighted by Crippen LogP contribution is -2.20. The fourth-order valence-electron chi connectivity index (χ4n) is 1.67. The number of carbonyl (C=O) groups excluding carboxylic acids is 1. The van der Waals surface area contributed by atoms with Crippen LogP contribution in [0.5, 0.6) is 5.75 Å². The monoisotopic (exact) mass is 274 g/mol. The maximum absolute atomic E-state index is 13.3. The van der Waals surface area contributed by atoms with Gasteiger partial charge in [0.2, 0.25) is 0 Å². The van der Waals surface area contributed by atoms with Gasteiger partial charge >= 0.3 is 0 Å². The van der Waals surface area contributed by atoms with E-state index in [9.17, 15) is 9.18 Å². The fourth-order valence-corrected chi connectivity index (χ4v) is 1.67. The molecule has 20 heavy (non-hydrogen) atoms. The van der Waals surface area contributed by atoms with E-state index < -0.39 is 0 Å². The second kappa shape index (κ2) is 6.68. The van der Waals surface area contributed by atoms with E-state index in [2.05, 4.69) is 5.32 Å². The molecule has 2 rings (SSSR count). The minimum atomic E-state index is -0.383. The van der Waals surface area contributed by atoms with Crippen molar-refractivity contribution in [3.05, 3.63) is 59.9 Å². The Bertz CT molecular complexity index is 588. The van der Waals surface area contributed by atoms with Gasteiger partial charge in [0.15, 0.2) is 6.61 Å². The third kappa shape index (κ3) is 3.80. The van der Waals surface area contributed by atoms with Crippen LogP contribution in [0.2, 0.25) is 0 Å². The Morgan fingerprint density at radius 1 is 1.20 bits per heavy atom. The summed E-state index contributed by atoms with van der Waals surface area (Å²) < 4.78 is 18.6. The van der Waals surface area contributed by atoms with Crippen LogP contribution in [0, 0.1) is 5.82 Å². The summed E-state index contributed by atoms with van der Waals surface area (Å²) in [6, 6.07) is 13.3. The summed E-state index contributed by atoms with van der Waals surface area (Å²) >= 11 is 0. The Labute approximate surface area is 116 Å². The smallest absolute Gasteiger partial charge is 0.262 e. The molecule has 0 atom stereocenters. The van der Waals surface area contributed by atoms with Crippen LogP contribution in [0.3, 0.4) is 0 Å². The van der Waals surface area contributed by atoms with Gasteiger partial charge in [0.1, 0.15) is 11.6 Å². The number of amides is 1. The Kier molecular flexibility index (Phi) is 4.68. The molecule has 2 aromatic carbocycles. The maximum Gasteiger partial charge on any atom is 0.262 e. The van der Waals surface area contributed by atoms with Crippen molar-refractivity contribution < 1.29 is 13.9 Å². The van der Waals surface area contributed by atoms with E-state index in [0.717, 1.165) is 0 Å². The molecule has 0 saturated carbocycles. The summed E-state index contributed by atoms with van der Waals surface area (Å²) in [6.45, 7) is -0.0323. The first-order valence-corrected chi connectivity index (χ1v) is 6.15. The zero-order valence-corrected chi connectivity index (χ0v) is 10.8. The molecule has 2 aromatic rings. The summed E-state index contributed by atoms with van der Waals surface area (Å²) in [5, 5.41) is 2.63. The summed E-state index contributed by atoms with van der Waals surface area (Å²) in [5.41, 5.74) is 6.26. The number of ether oxygens (including phenoxy) is 1. The van der Waals surface area contributed by atoms with Crippen LogP contribution in [0.15, 0.2) is 48.5 Å². The van der Waals surface area contributed by atoms with Crippen LogP contribution >= 0.6 is 0 Å². The van der Waals surface area contributed by atoms with Crippen LogP contribution in [0.4, 0.5) is 10.1 Å². The third-order valence-corrected chi connectivity index (χ3v) is 2.66. The highest BCUT2D eigenvalue weighted by molar-refractivity contribution is 5.91. The van der Waals surface area contributed by atoms with Crippen LogP contribution in [-0.2, 0) is 11.3 Å². The molecule has 0 aliphatic rings. The quantitative estimate of drug-likeness (QED) is 0.879. The Morgan fingerprint density at radius 3 is 2.65 bits per heavy atom. The number of nitrogens with two attached hydrogens (primary N) is 1. The average molecular weight is 274 g/mol. The lowest BCUT2D eigenvalue weighted by Gasteiger charge is -2.09. The van der Waals surface area contributed by atoms with Gasteiger partial charge in [0, 0.05) is 17.8 Å². The predicted molar refractivity (Wildman–Crippen MR) is 74.9 cm³/mol. The molecular weight excluding hydrogens is 259 g/mol. The topological polar surface area (TPSA) is 64.3 Å². The van der Waals surface area contributed by atoms with Crippen molar-refractivity contribution in [1.82, 2.24) is 0 Å². The first-order valence-electron chi connectivity index (χ1n) is 6.15. The van der Waals surface area contributed by atoms with E-state index in [1.807, 2.05) is 18.2 Å². The van der Waals surface area contributed by atoms with Gasteiger partial charge < -0.3 is 15.8 Å². The van der Waals surface area contributed by atoms with E-state index in [1.165, 1.54) is 18.2 Å². The number of hydrogen-bond acceptors (Lipinski definition) is 3. The van der Waals surface area contributed by atoms with Gasteiger partial charge in [0.25, 0.3) is 5.91 Å². The molecule has 0 aliphatic carbocycles. The average Bonchev–Trinajstić information content (AvgIpc) is 2.48. The highest BCUT2D eigenvalue weighted by Crippen LogP contribution is 2.14. The zero-order valence-electron chi connectivity index (χ0n) is 10.8. The summed E-state index contributed by atoms with van der Waals surface area (Å²) in [4.78, 5) is 11.7. The Morgan fingerprint density at radius 2 is 1.95 bits per heavy atom. The number of benzene rings is 2. The van der Waals surface area contributed by atoms with Crippen molar-refractivity contribution in [3.63, 3.8) is 0 Å². The molecule has 0 saturated heterocycles. The molecule has 1 amide bonds. The molecule has 3 N–H and O–H groups in total.